The van der Waals surface area contributed by atoms with Crippen LogP contribution in [-0.2, 0) is 26.2 Å². The van der Waals surface area contributed by atoms with Crippen LogP contribution in [-0.4, -0.2) is 58.5 Å². The summed E-state index contributed by atoms with van der Waals surface area (Å²) in [5, 5.41) is 2.88. The molecule has 3 aromatic rings. The summed E-state index contributed by atoms with van der Waals surface area (Å²) < 4.78 is 39.7. The minimum absolute atomic E-state index is 0.0360. The molecule has 1 N–H and O–H groups in total. The quantitative estimate of drug-likeness (QED) is 0.280. The molecule has 0 heterocycles. The summed E-state index contributed by atoms with van der Waals surface area (Å²) in [6, 6.07) is 19.3. The highest BCUT2D eigenvalue weighted by molar-refractivity contribution is 7.92. The van der Waals surface area contributed by atoms with E-state index >= 15 is 0 Å². The maximum Gasteiger partial charge on any atom is 0.264 e. The minimum atomic E-state index is -4.19. The molecule has 0 saturated heterocycles. The third-order valence-corrected chi connectivity index (χ3v) is 8.52. The Morgan fingerprint density at radius 2 is 1.59 bits per heavy atom. The van der Waals surface area contributed by atoms with Crippen molar-refractivity contribution in [3.05, 3.63) is 83.9 Å². The molecule has 0 fully saturated rings. The first kappa shape index (κ1) is 31.5. The van der Waals surface area contributed by atoms with Crippen LogP contribution in [0.15, 0.2) is 77.7 Å². The van der Waals surface area contributed by atoms with Gasteiger partial charge in [0.2, 0.25) is 11.8 Å². The number of para-hydroxylation sites is 2. The van der Waals surface area contributed by atoms with Gasteiger partial charge in [0.05, 0.1) is 24.8 Å². The minimum Gasteiger partial charge on any atom is -0.497 e. The van der Waals surface area contributed by atoms with Gasteiger partial charge in [-0.05, 0) is 62.2 Å². The van der Waals surface area contributed by atoms with Crippen molar-refractivity contribution in [3.63, 3.8) is 0 Å². The molecule has 10 heteroatoms. The van der Waals surface area contributed by atoms with E-state index in [0.29, 0.717) is 18.0 Å². The predicted molar refractivity (Wildman–Crippen MR) is 160 cm³/mol. The first-order chi connectivity index (χ1) is 19.6. The molecule has 0 radical (unpaired) electrons. The molecule has 0 bridgehead atoms. The topological polar surface area (TPSA) is 105 Å². The number of carbonyl (C=O) groups excluding carboxylic acids is 2. The summed E-state index contributed by atoms with van der Waals surface area (Å²) in [6.07, 6.45) is 1.72. The Morgan fingerprint density at radius 3 is 2.20 bits per heavy atom. The Balaban J connectivity index is 2.03. The largest absolute Gasteiger partial charge is 0.497 e. The highest BCUT2D eigenvalue weighted by atomic mass is 32.2. The zero-order valence-electron chi connectivity index (χ0n) is 24.3. The van der Waals surface area contributed by atoms with E-state index in [4.69, 9.17) is 9.47 Å². The molecule has 41 heavy (non-hydrogen) atoms. The van der Waals surface area contributed by atoms with E-state index in [1.165, 1.54) is 24.1 Å². The third kappa shape index (κ3) is 8.00. The molecule has 0 aromatic heterocycles. The van der Waals surface area contributed by atoms with Gasteiger partial charge in [-0.15, -0.1) is 0 Å². The zero-order valence-corrected chi connectivity index (χ0v) is 25.1. The molecule has 2 amide bonds. The maximum absolute atomic E-state index is 14.0. The van der Waals surface area contributed by atoms with E-state index in [0.717, 1.165) is 28.3 Å². The van der Waals surface area contributed by atoms with Crippen LogP contribution in [0, 0.1) is 6.92 Å². The molecule has 1 atom stereocenters. The number of unbranched alkanes of at least 4 members (excludes halogenated alkanes) is 1. The predicted octanol–water partition coefficient (Wildman–Crippen LogP) is 4.54. The van der Waals surface area contributed by atoms with Crippen molar-refractivity contribution < 1.29 is 27.5 Å². The monoisotopic (exact) mass is 581 g/mol. The van der Waals surface area contributed by atoms with Crippen molar-refractivity contribution >= 4 is 27.5 Å². The smallest absolute Gasteiger partial charge is 0.264 e. The molecule has 0 spiro atoms. The van der Waals surface area contributed by atoms with Gasteiger partial charge in [0.25, 0.3) is 10.0 Å². The van der Waals surface area contributed by atoms with E-state index in [1.54, 1.807) is 62.6 Å². The summed E-state index contributed by atoms with van der Waals surface area (Å²) in [4.78, 5) is 28.6. The summed E-state index contributed by atoms with van der Waals surface area (Å²) >= 11 is 0. The number of aryl methyl sites for hydroxylation is 1. The van der Waals surface area contributed by atoms with Crippen molar-refractivity contribution in [2.24, 2.45) is 0 Å². The number of benzene rings is 3. The number of hydrogen-bond donors (Lipinski definition) is 1. The van der Waals surface area contributed by atoms with Gasteiger partial charge < -0.3 is 19.7 Å². The van der Waals surface area contributed by atoms with Gasteiger partial charge in [-0.1, -0.05) is 55.3 Å². The van der Waals surface area contributed by atoms with Crippen molar-refractivity contribution in [2.75, 3.05) is 31.6 Å². The summed E-state index contributed by atoms with van der Waals surface area (Å²) in [6.45, 7) is 5.57. The van der Waals surface area contributed by atoms with Crippen molar-refractivity contribution in [1.29, 1.82) is 0 Å². The Kier molecular flexibility index (Phi) is 11.2. The van der Waals surface area contributed by atoms with E-state index in [-0.39, 0.29) is 23.0 Å². The first-order valence-electron chi connectivity index (χ1n) is 13.5. The molecule has 9 nitrogen and oxygen atoms in total. The van der Waals surface area contributed by atoms with Gasteiger partial charge in [-0.25, -0.2) is 8.42 Å². The molecule has 3 rings (SSSR count). The second-order valence-electron chi connectivity index (χ2n) is 9.69. The highest BCUT2D eigenvalue weighted by Crippen LogP contribution is 2.32. The van der Waals surface area contributed by atoms with Gasteiger partial charge >= 0.3 is 0 Å². The molecule has 0 aliphatic carbocycles. The summed E-state index contributed by atoms with van der Waals surface area (Å²) in [5.41, 5.74) is 1.88. The van der Waals surface area contributed by atoms with Crippen LogP contribution in [0.5, 0.6) is 11.5 Å². The fourth-order valence-corrected chi connectivity index (χ4v) is 5.66. The van der Waals surface area contributed by atoms with Crippen LogP contribution in [0.4, 0.5) is 5.69 Å². The lowest BCUT2D eigenvalue weighted by molar-refractivity contribution is -0.139. The molecular formula is C31H39N3O6S. The number of sulfonamides is 1. The van der Waals surface area contributed by atoms with Crippen molar-refractivity contribution in [3.8, 4) is 11.5 Å². The van der Waals surface area contributed by atoms with Crippen LogP contribution in [0.1, 0.15) is 37.8 Å². The number of hydrogen-bond acceptors (Lipinski definition) is 6. The lowest BCUT2D eigenvalue weighted by Crippen LogP contribution is -2.51. The Morgan fingerprint density at radius 1 is 0.927 bits per heavy atom. The van der Waals surface area contributed by atoms with E-state index in [1.807, 2.05) is 26.0 Å². The fraction of sp³-hybridized carbons (Fsp3) is 0.355. The van der Waals surface area contributed by atoms with E-state index in [9.17, 15) is 18.0 Å². The van der Waals surface area contributed by atoms with Gasteiger partial charge in [-0.2, -0.15) is 0 Å². The number of carbonyl (C=O) groups is 2. The number of ether oxygens (including phenoxy) is 2. The lowest BCUT2D eigenvalue weighted by atomic mass is 10.1. The van der Waals surface area contributed by atoms with Gasteiger partial charge in [-0.3, -0.25) is 13.9 Å². The molecule has 0 aliphatic rings. The Bertz CT molecular complexity index is 1410. The second-order valence-corrected chi connectivity index (χ2v) is 11.5. The zero-order chi connectivity index (χ0) is 30.0. The van der Waals surface area contributed by atoms with Crippen LogP contribution >= 0.6 is 0 Å². The molecule has 3 aromatic carbocycles. The number of rotatable bonds is 14. The summed E-state index contributed by atoms with van der Waals surface area (Å²) in [5.74, 6) is 0.0951. The number of amides is 2. The number of methoxy groups -OCH3 is 2. The van der Waals surface area contributed by atoms with E-state index < -0.39 is 28.5 Å². The molecule has 0 saturated carbocycles. The molecule has 0 unspecified atom stereocenters. The summed E-state index contributed by atoms with van der Waals surface area (Å²) in [7, 11) is -1.18. The molecular weight excluding hydrogens is 542 g/mol. The SMILES string of the molecule is CCCCNC(=O)[C@H](C)N(Cc1ccc(OC)cc1)C(=O)CN(c1ccccc1OC)S(=O)(=O)c1ccc(C)cc1. The second kappa shape index (κ2) is 14.5. The Labute approximate surface area is 243 Å². The standard InChI is InChI=1S/C31H39N3O6S/c1-6-7-20-32-31(36)24(3)33(21-25-14-16-26(39-4)17-15-25)30(35)22-34(28-10-8-9-11-29(28)40-5)41(37,38)27-18-12-23(2)13-19-27/h8-19,24H,6-7,20-22H2,1-5H3,(H,32,36)/t24-/m0/s1. The van der Waals surface area contributed by atoms with Crippen LogP contribution in [0.3, 0.4) is 0 Å². The van der Waals surface area contributed by atoms with E-state index in [2.05, 4.69) is 5.32 Å². The van der Waals surface area contributed by atoms with Crippen molar-refractivity contribution in [2.45, 2.75) is 51.1 Å². The average molecular weight is 582 g/mol. The number of nitrogens with zero attached hydrogens (tertiary/aromatic N) is 2. The third-order valence-electron chi connectivity index (χ3n) is 6.75. The lowest BCUT2D eigenvalue weighted by Gasteiger charge is -2.32. The Hall–Kier alpha value is -4.05. The first-order valence-corrected chi connectivity index (χ1v) is 15.0. The highest BCUT2D eigenvalue weighted by Gasteiger charge is 2.33. The van der Waals surface area contributed by atoms with Gasteiger partial charge in [0, 0.05) is 13.1 Å². The molecule has 220 valence electrons. The number of nitrogens with one attached hydrogen (secondary N) is 1. The van der Waals surface area contributed by atoms with Gasteiger partial charge in [0.1, 0.15) is 24.1 Å². The fourth-order valence-electron chi connectivity index (χ4n) is 4.23. The van der Waals surface area contributed by atoms with Crippen LogP contribution in [0.25, 0.3) is 0 Å². The normalized spacial score (nSPS) is 11.8. The van der Waals surface area contributed by atoms with Crippen molar-refractivity contribution in [1.82, 2.24) is 10.2 Å². The van der Waals surface area contributed by atoms with Gasteiger partial charge in [0.15, 0.2) is 0 Å². The maximum atomic E-state index is 14.0. The number of anilines is 1. The molecule has 0 aliphatic heterocycles. The average Bonchev–Trinajstić information content (AvgIpc) is 2.98. The van der Waals surface area contributed by atoms with Crippen LogP contribution in [0.2, 0.25) is 0 Å². The van der Waals surface area contributed by atoms with Crippen LogP contribution < -0.4 is 19.1 Å².